The molecule has 18 heavy (non-hydrogen) atoms. The van der Waals surface area contributed by atoms with E-state index in [0.29, 0.717) is 5.69 Å². The quantitative estimate of drug-likeness (QED) is 0.850. The maximum Gasteiger partial charge on any atom is 0.222 e. The number of carbonyl (C=O) groups excluding carboxylic acids is 2. The Morgan fingerprint density at radius 1 is 1.06 bits per heavy atom. The first kappa shape index (κ1) is 12.8. The monoisotopic (exact) mass is 285 g/mol. The number of benzene rings is 1. The molecule has 0 saturated heterocycles. The molecule has 0 fully saturated rings. The number of nitrogens with one attached hydrogen (secondary N) is 1. The van der Waals surface area contributed by atoms with Crippen LogP contribution in [0.15, 0.2) is 46.1 Å². The van der Waals surface area contributed by atoms with E-state index >= 15 is 0 Å². The number of ketones is 2. The van der Waals surface area contributed by atoms with Gasteiger partial charge in [0, 0.05) is 11.8 Å². The molecule has 6 heteroatoms. The molecule has 0 atom stereocenters. The summed E-state index contributed by atoms with van der Waals surface area (Å²) in [6.45, 7) is 0. The Morgan fingerprint density at radius 3 is 2.28 bits per heavy atom. The normalized spacial score (nSPS) is 15.8. The van der Waals surface area contributed by atoms with Crippen LogP contribution in [0.1, 0.15) is 0 Å². The number of allylic oxidation sites excluding steroid dienone is 3. The molecule has 0 aromatic heterocycles. The van der Waals surface area contributed by atoms with Crippen molar-refractivity contribution in [3.63, 3.8) is 0 Å². The predicted molar refractivity (Wildman–Crippen MR) is 66.9 cm³/mol. The van der Waals surface area contributed by atoms with Crippen molar-refractivity contribution in [3.05, 3.63) is 51.9 Å². The van der Waals surface area contributed by atoms with Crippen LogP contribution in [0, 0.1) is 5.82 Å². The zero-order valence-corrected chi connectivity index (χ0v) is 10.3. The van der Waals surface area contributed by atoms with Crippen LogP contribution in [0.25, 0.3) is 0 Å². The highest BCUT2D eigenvalue weighted by molar-refractivity contribution is 6.55. The summed E-state index contributed by atoms with van der Waals surface area (Å²) in [6.07, 6.45) is 0.960. The fourth-order valence-electron chi connectivity index (χ4n) is 1.38. The summed E-state index contributed by atoms with van der Waals surface area (Å²) in [7, 11) is 0. The van der Waals surface area contributed by atoms with Gasteiger partial charge in [0.25, 0.3) is 0 Å². The van der Waals surface area contributed by atoms with Gasteiger partial charge in [-0.2, -0.15) is 0 Å². The third-order valence-corrected chi connectivity index (χ3v) is 2.91. The predicted octanol–water partition coefficient (Wildman–Crippen LogP) is 2.96. The number of carbonyl (C=O) groups is 2. The minimum absolute atomic E-state index is 0.110. The fourth-order valence-corrected chi connectivity index (χ4v) is 1.76. The van der Waals surface area contributed by atoms with Crippen molar-refractivity contribution in [3.8, 4) is 0 Å². The van der Waals surface area contributed by atoms with Crippen molar-refractivity contribution in [2.45, 2.75) is 0 Å². The number of rotatable bonds is 2. The topological polar surface area (TPSA) is 46.2 Å². The second-order valence-electron chi connectivity index (χ2n) is 3.51. The molecule has 0 amide bonds. The molecule has 0 bridgehead atoms. The molecule has 1 aliphatic rings. The van der Waals surface area contributed by atoms with Gasteiger partial charge in [0.05, 0.1) is 5.03 Å². The summed E-state index contributed by atoms with van der Waals surface area (Å²) in [5, 5.41) is 2.20. The van der Waals surface area contributed by atoms with Gasteiger partial charge in [0.15, 0.2) is 0 Å². The minimum atomic E-state index is -0.578. The number of anilines is 1. The van der Waals surface area contributed by atoms with E-state index in [-0.39, 0.29) is 15.8 Å². The second-order valence-corrected chi connectivity index (χ2v) is 4.29. The molecule has 0 radical (unpaired) electrons. The first-order valence-corrected chi connectivity index (χ1v) is 5.63. The van der Waals surface area contributed by atoms with Gasteiger partial charge in [-0.05, 0) is 24.3 Å². The van der Waals surface area contributed by atoms with Crippen LogP contribution >= 0.6 is 23.2 Å². The Hall–Kier alpha value is -1.65. The number of Topliss-reactive ketones (excluding diaryl/α,β-unsaturated/α-hetero) is 1. The van der Waals surface area contributed by atoms with E-state index in [1.165, 1.54) is 24.3 Å². The van der Waals surface area contributed by atoms with Crippen molar-refractivity contribution < 1.29 is 14.0 Å². The molecular formula is C12H6Cl2FNO2. The summed E-state index contributed by atoms with van der Waals surface area (Å²) in [4.78, 5) is 23.1. The molecule has 0 saturated carbocycles. The highest BCUT2D eigenvalue weighted by Gasteiger charge is 2.26. The minimum Gasteiger partial charge on any atom is -0.351 e. The molecule has 2 rings (SSSR count). The molecular weight excluding hydrogens is 280 g/mol. The van der Waals surface area contributed by atoms with Gasteiger partial charge in [0.2, 0.25) is 11.6 Å². The lowest BCUT2D eigenvalue weighted by atomic mass is 10.1. The summed E-state index contributed by atoms with van der Waals surface area (Å²) in [5.41, 5.74) is 0.317. The summed E-state index contributed by atoms with van der Waals surface area (Å²) in [6, 6.07) is 5.25. The van der Waals surface area contributed by atoms with E-state index in [9.17, 15) is 14.0 Å². The molecule has 0 heterocycles. The fraction of sp³-hybridized carbons (Fsp3) is 0. The van der Waals surface area contributed by atoms with Crippen molar-refractivity contribution in [2.75, 3.05) is 5.32 Å². The van der Waals surface area contributed by atoms with Crippen molar-refractivity contribution in [2.24, 2.45) is 0 Å². The largest absolute Gasteiger partial charge is 0.351 e. The number of halogens is 3. The van der Waals surface area contributed by atoms with E-state index in [0.717, 1.165) is 6.08 Å². The van der Waals surface area contributed by atoms with Crippen LogP contribution in [0.3, 0.4) is 0 Å². The third kappa shape index (κ3) is 2.44. The smallest absolute Gasteiger partial charge is 0.222 e. The van der Waals surface area contributed by atoms with E-state index in [2.05, 4.69) is 5.32 Å². The zero-order valence-electron chi connectivity index (χ0n) is 8.84. The average molecular weight is 286 g/mol. The Morgan fingerprint density at radius 2 is 1.67 bits per heavy atom. The van der Waals surface area contributed by atoms with Gasteiger partial charge in [-0.15, -0.1) is 0 Å². The lowest BCUT2D eigenvalue weighted by Gasteiger charge is -2.14. The van der Waals surface area contributed by atoms with Crippen LogP contribution < -0.4 is 5.32 Å². The van der Waals surface area contributed by atoms with Crippen molar-refractivity contribution in [1.82, 2.24) is 0 Å². The Labute approximate surface area is 112 Å². The summed E-state index contributed by atoms with van der Waals surface area (Å²) in [5.74, 6) is -1.54. The van der Waals surface area contributed by atoms with Gasteiger partial charge in [0.1, 0.15) is 16.5 Å². The van der Waals surface area contributed by atoms with E-state index in [4.69, 9.17) is 23.2 Å². The molecule has 1 aliphatic carbocycles. The molecule has 1 aromatic carbocycles. The van der Waals surface area contributed by atoms with Crippen molar-refractivity contribution in [1.29, 1.82) is 0 Å². The SMILES string of the molecule is O=C1C=C(Cl)C(=O)C(Nc2ccc(F)cc2)=C1Cl. The molecule has 0 aliphatic heterocycles. The third-order valence-electron chi connectivity index (χ3n) is 2.25. The van der Waals surface area contributed by atoms with Crippen LogP contribution in [-0.4, -0.2) is 11.6 Å². The maximum atomic E-state index is 12.7. The molecule has 0 spiro atoms. The van der Waals surface area contributed by atoms with Gasteiger partial charge in [-0.25, -0.2) is 4.39 Å². The van der Waals surface area contributed by atoms with Crippen LogP contribution in [0.2, 0.25) is 0 Å². The Balaban J connectivity index is 2.33. The van der Waals surface area contributed by atoms with Crippen LogP contribution in [0.4, 0.5) is 10.1 Å². The van der Waals surface area contributed by atoms with E-state index in [1.54, 1.807) is 0 Å². The molecule has 1 aromatic rings. The van der Waals surface area contributed by atoms with Gasteiger partial charge in [-0.1, -0.05) is 23.2 Å². The van der Waals surface area contributed by atoms with Gasteiger partial charge < -0.3 is 5.32 Å². The Bertz CT molecular complexity index is 591. The summed E-state index contributed by atoms with van der Waals surface area (Å²) < 4.78 is 12.7. The van der Waals surface area contributed by atoms with E-state index in [1.807, 2.05) is 0 Å². The average Bonchev–Trinajstić information content (AvgIpc) is 2.34. The zero-order chi connectivity index (χ0) is 13.3. The lowest BCUT2D eigenvalue weighted by molar-refractivity contribution is -0.115. The highest BCUT2D eigenvalue weighted by atomic mass is 35.5. The standard InChI is InChI=1S/C12H6Cl2FNO2/c13-8-5-9(17)10(14)11(12(8)18)16-7-3-1-6(15)2-4-7/h1-5,16H. The molecule has 0 unspecified atom stereocenters. The number of hydrogen-bond acceptors (Lipinski definition) is 3. The summed E-state index contributed by atoms with van der Waals surface area (Å²) >= 11 is 11.4. The van der Waals surface area contributed by atoms with Crippen LogP contribution in [0.5, 0.6) is 0 Å². The molecule has 1 N–H and O–H groups in total. The molecule has 92 valence electrons. The second kappa shape index (κ2) is 4.92. The van der Waals surface area contributed by atoms with Gasteiger partial charge in [-0.3, -0.25) is 9.59 Å². The number of hydrogen-bond donors (Lipinski definition) is 1. The van der Waals surface area contributed by atoms with Crippen molar-refractivity contribution >= 4 is 40.5 Å². The first-order chi connectivity index (χ1) is 8.49. The highest BCUT2D eigenvalue weighted by Crippen LogP contribution is 2.25. The molecule has 3 nitrogen and oxygen atoms in total. The van der Waals surface area contributed by atoms with Gasteiger partial charge >= 0.3 is 0 Å². The maximum absolute atomic E-state index is 12.7. The van der Waals surface area contributed by atoms with Crippen LogP contribution in [-0.2, 0) is 9.59 Å². The Kier molecular flexibility index (Phi) is 3.50. The first-order valence-electron chi connectivity index (χ1n) is 4.87. The van der Waals surface area contributed by atoms with E-state index < -0.39 is 17.4 Å². The lowest BCUT2D eigenvalue weighted by Crippen LogP contribution is -2.20.